The first kappa shape index (κ1) is 12.5. The lowest BCUT2D eigenvalue weighted by molar-refractivity contribution is 0.103. The van der Waals surface area contributed by atoms with Crippen molar-refractivity contribution in [1.29, 1.82) is 0 Å². The minimum Gasteiger partial charge on any atom is -0.289 e. The highest BCUT2D eigenvalue weighted by Gasteiger charge is 2.09. The third kappa shape index (κ3) is 2.32. The number of ketones is 1. The molecular weight excluding hydrogens is 246 g/mol. The molecule has 20 heavy (non-hydrogen) atoms. The van der Waals surface area contributed by atoms with Gasteiger partial charge in [0.15, 0.2) is 5.78 Å². The van der Waals surface area contributed by atoms with Crippen LogP contribution in [0.5, 0.6) is 0 Å². The monoisotopic (exact) mass is 261 g/mol. The maximum absolute atomic E-state index is 12.5. The van der Waals surface area contributed by atoms with Crippen molar-refractivity contribution in [3.05, 3.63) is 77.5 Å². The fraction of sp³-hybridized carbons (Fsp3) is 0.111. The van der Waals surface area contributed by atoms with Crippen molar-refractivity contribution in [3.63, 3.8) is 0 Å². The second kappa shape index (κ2) is 5.25. The molecule has 0 saturated carbocycles. The molecule has 2 heteroatoms. The van der Waals surface area contributed by atoms with E-state index in [1.165, 1.54) is 5.56 Å². The molecule has 1 heterocycles. The highest BCUT2D eigenvalue weighted by atomic mass is 16.1. The van der Waals surface area contributed by atoms with Gasteiger partial charge in [-0.3, -0.25) is 9.78 Å². The van der Waals surface area contributed by atoms with E-state index in [-0.39, 0.29) is 5.78 Å². The molecule has 0 aliphatic rings. The Labute approximate surface area is 118 Å². The molecule has 2 nitrogen and oxygen atoms in total. The molecule has 3 aromatic rings. The molecule has 0 atom stereocenters. The molecule has 0 fully saturated rings. The Bertz CT molecular complexity index is 760. The van der Waals surface area contributed by atoms with Gasteiger partial charge >= 0.3 is 0 Å². The molecule has 0 unspecified atom stereocenters. The van der Waals surface area contributed by atoms with Crippen LogP contribution in [-0.2, 0) is 6.42 Å². The third-order valence-electron chi connectivity index (χ3n) is 3.49. The van der Waals surface area contributed by atoms with Gasteiger partial charge in [-0.25, -0.2) is 0 Å². The van der Waals surface area contributed by atoms with Crippen molar-refractivity contribution in [1.82, 2.24) is 4.98 Å². The molecule has 98 valence electrons. The van der Waals surface area contributed by atoms with E-state index >= 15 is 0 Å². The number of rotatable bonds is 3. The minimum absolute atomic E-state index is 0.0419. The number of fused-ring (bicyclic) bond motifs is 1. The fourth-order valence-corrected chi connectivity index (χ4v) is 2.27. The Morgan fingerprint density at radius 3 is 2.50 bits per heavy atom. The van der Waals surface area contributed by atoms with Gasteiger partial charge in [-0.05, 0) is 24.1 Å². The average Bonchev–Trinajstić information content (AvgIpc) is 2.54. The first-order valence-corrected chi connectivity index (χ1v) is 6.76. The number of carbonyl (C=O) groups excluding carboxylic acids is 1. The zero-order valence-electron chi connectivity index (χ0n) is 11.3. The summed E-state index contributed by atoms with van der Waals surface area (Å²) in [7, 11) is 0. The highest BCUT2D eigenvalue weighted by molar-refractivity contribution is 6.10. The summed E-state index contributed by atoms with van der Waals surface area (Å²) in [6, 6.07) is 17.3. The lowest BCUT2D eigenvalue weighted by Crippen LogP contribution is -2.01. The van der Waals surface area contributed by atoms with Gasteiger partial charge in [-0.15, -0.1) is 0 Å². The largest absolute Gasteiger partial charge is 0.289 e. The Morgan fingerprint density at radius 2 is 1.75 bits per heavy atom. The Morgan fingerprint density at radius 1 is 1.00 bits per heavy atom. The van der Waals surface area contributed by atoms with Gasteiger partial charge < -0.3 is 0 Å². The molecule has 0 spiro atoms. The van der Waals surface area contributed by atoms with Gasteiger partial charge in [0.1, 0.15) is 0 Å². The molecular formula is C18H15NO. The van der Waals surface area contributed by atoms with E-state index in [1.54, 1.807) is 6.20 Å². The summed E-state index contributed by atoms with van der Waals surface area (Å²) in [4.78, 5) is 16.8. The Balaban J connectivity index is 1.98. The molecule has 0 aliphatic carbocycles. The lowest BCUT2D eigenvalue weighted by atomic mass is 10.0. The molecule has 1 aromatic heterocycles. The van der Waals surface area contributed by atoms with Gasteiger partial charge in [0.25, 0.3) is 0 Å². The smallest absolute Gasteiger partial charge is 0.193 e. The van der Waals surface area contributed by atoms with Crippen molar-refractivity contribution >= 4 is 16.7 Å². The van der Waals surface area contributed by atoms with Gasteiger partial charge in [-0.1, -0.05) is 49.4 Å². The van der Waals surface area contributed by atoms with E-state index < -0.39 is 0 Å². The Hall–Kier alpha value is -2.48. The van der Waals surface area contributed by atoms with Gasteiger partial charge in [0.2, 0.25) is 0 Å². The molecule has 0 aliphatic heterocycles. The van der Waals surface area contributed by atoms with Crippen LogP contribution in [0.25, 0.3) is 10.9 Å². The Kier molecular flexibility index (Phi) is 3.30. The number of nitrogens with zero attached hydrogens (tertiary/aromatic N) is 1. The minimum atomic E-state index is 0.0419. The van der Waals surface area contributed by atoms with Crippen LogP contribution in [0.1, 0.15) is 28.4 Å². The molecule has 0 amide bonds. The molecule has 0 bridgehead atoms. The number of aryl methyl sites for hydroxylation is 1. The number of hydrogen-bond acceptors (Lipinski definition) is 2. The van der Waals surface area contributed by atoms with Crippen LogP contribution in [0.4, 0.5) is 0 Å². The number of benzene rings is 2. The summed E-state index contributed by atoms with van der Waals surface area (Å²) in [5, 5.41) is 1.05. The summed E-state index contributed by atoms with van der Waals surface area (Å²) in [5.74, 6) is 0.0419. The molecule has 0 radical (unpaired) electrons. The summed E-state index contributed by atoms with van der Waals surface area (Å²) in [5.41, 5.74) is 3.49. The lowest BCUT2D eigenvalue weighted by Gasteiger charge is -2.04. The zero-order valence-corrected chi connectivity index (χ0v) is 11.3. The van der Waals surface area contributed by atoms with Crippen LogP contribution in [0.2, 0.25) is 0 Å². The first-order valence-electron chi connectivity index (χ1n) is 6.76. The van der Waals surface area contributed by atoms with Crippen LogP contribution in [0, 0.1) is 0 Å². The van der Waals surface area contributed by atoms with Crippen LogP contribution < -0.4 is 0 Å². The van der Waals surface area contributed by atoms with Crippen LogP contribution in [-0.4, -0.2) is 10.8 Å². The number of aromatic nitrogens is 1. The van der Waals surface area contributed by atoms with Crippen molar-refractivity contribution in [2.75, 3.05) is 0 Å². The predicted molar refractivity (Wildman–Crippen MR) is 81.0 cm³/mol. The number of hydrogen-bond donors (Lipinski definition) is 0. The number of carbonyl (C=O) groups is 1. The van der Waals surface area contributed by atoms with Crippen LogP contribution in [0.15, 0.2) is 60.8 Å². The normalized spacial score (nSPS) is 10.7. The van der Waals surface area contributed by atoms with Crippen molar-refractivity contribution in [2.45, 2.75) is 13.3 Å². The van der Waals surface area contributed by atoms with Crippen molar-refractivity contribution < 1.29 is 4.79 Å². The van der Waals surface area contributed by atoms with E-state index in [9.17, 15) is 4.79 Å². The van der Waals surface area contributed by atoms with E-state index in [1.807, 2.05) is 54.6 Å². The third-order valence-corrected chi connectivity index (χ3v) is 3.49. The van der Waals surface area contributed by atoms with E-state index in [2.05, 4.69) is 11.9 Å². The molecule has 0 saturated heterocycles. The summed E-state index contributed by atoms with van der Waals surface area (Å²) >= 11 is 0. The summed E-state index contributed by atoms with van der Waals surface area (Å²) in [6.07, 6.45) is 2.72. The highest BCUT2D eigenvalue weighted by Crippen LogP contribution is 2.17. The van der Waals surface area contributed by atoms with Gasteiger partial charge in [0.05, 0.1) is 5.52 Å². The average molecular weight is 261 g/mol. The quantitative estimate of drug-likeness (QED) is 0.666. The van der Waals surface area contributed by atoms with Crippen LogP contribution in [0.3, 0.4) is 0 Å². The maximum atomic E-state index is 12.5. The van der Waals surface area contributed by atoms with E-state index in [0.29, 0.717) is 5.56 Å². The van der Waals surface area contributed by atoms with Gasteiger partial charge in [-0.2, -0.15) is 0 Å². The van der Waals surface area contributed by atoms with Crippen molar-refractivity contribution in [2.24, 2.45) is 0 Å². The maximum Gasteiger partial charge on any atom is 0.193 e. The summed E-state index contributed by atoms with van der Waals surface area (Å²) in [6.45, 7) is 2.10. The molecule has 3 rings (SSSR count). The van der Waals surface area contributed by atoms with Gasteiger partial charge in [0, 0.05) is 22.7 Å². The van der Waals surface area contributed by atoms with Crippen LogP contribution >= 0.6 is 0 Å². The second-order valence-corrected chi connectivity index (χ2v) is 4.79. The second-order valence-electron chi connectivity index (χ2n) is 4.79. The topological polar surface area (TPSA) is 30.0 Å². The molecule has 2 aromatic carbocycles. The number of pyridine rings is 1. The first-order chi connectivity index (χ1) is 9.78. The van der Waals surface area contributed by atoms with E-state index in [0.717, 1.165) is 22.9 Å². The standard InChI is InChI=1S/C18H15NO/c1-2-13-5-7-15(8-6-13)18(20)16-10-9-14-4-3-11-19-17(14)12-16/h3-12H,2H2,1H3. The fourth-order valence-electron chi connectivity index (χ4n) is 2.27. The zero-order chi connectivity index (χ0) is 13.9. The van der Waals surface area contributed by atoms with E-state index in [4.69, 9.17) is 0 Å². The SMILES string of the molecule is CCc1ccc(C(=O)c2ccc3cccnc3c2)cc1. The predicted octanol–water partition coefficient (Wildman–Crippen LogP) is 4.03. The summed E-state index contributed by atoms with van der Waals surface area (Å²) < 4.78 is 0. The van der Waals surface area contributed by atoms with Crippen molar-refractivity contribution in [3.8, 4) is 0 Å². The molecule has 0 N–H and O–H groups in total.